The molecule has 2 atom stereocenters. The van der Waals surface area contributed by atoms with Crippen LogP contribution in [0.3, 0.4) is 0 Å². The number of hydrogen-bond acceptors (Lipinski definition) is 1. The van der Waals surface area contributed by atoms with Gasteiger partial charge >= 0.3 is 0 Å². The van der Waals surface area contributed by atoms with Gasteiger partial charge in [-0.1, -0.05) is 26.7 Å². The largest absolute Gasteiger partial charge is 0.325 e. The third kappa shape index (κ3) is 2.55. The molecular formula is C14H27N. The van der Waals surface area contributed by atoms with E-state index in [0.29, 0.717) is 0 Å². The van der Waals surface area contributed by atoms with E-state index >= 15 is 0 Å². The molecule has 2 fully saturated rings. The molecule has 0 radical (unpaired) electrons. The zero-order chi connectivity index (χ0) is 10.9. The van der Waals surface area contributed by atoms with Crippen molar-refractivity contribution in [3.05, 3.63) is 0 Å². The van der Waals surface area contributed by atoms with Crippen molar-refractivity contribution in [2.45, 2.75) is 70.8 Å². The fourth-order valence-corrected chi connectivity index (χ4v) is 3.66. The molecule has 0 bridgehead atoms. The molecule has 0 saturated heterocycles. The predicted molar refractivity (Wildman–Crippen MR) is 65.7 cm³/mol. The lowest BCUT2D eigenvalue weighted by atomic mass is 9.65. The molecule has 2 saturated carbocycles. The molecule has 0 spiro atoms. The summed E-state index contributed by atoms with van der Waals surface area (Å²) in [6, 6.07) is 0. The molecule has 2 unspecified atom stereocenters. The zero-order valence-electron chi connectivity index (χ0n) is 10.5. The summed E-state index contributed by atoms with van der Waals surface area (Å²) in [5.41, 5.74) is 6.87. The highest BCUT2D eigenvalue weighted by molar-refractivity contribution is 4.96. The van der Waals surface area contributed by atoms with Gasteiger partial charge in [0, 0.05) is 5.54 Å². The Morgan fingerprint density at radius 3 is 2.20 bits per heavy atom. The van der Waals surface area contributed by atoms with Crippen LogP contribution < -0.4 is 5.73 Å². The van der Waals surface area contributed by atoms with Gasteiger partial charge in [-0.15, -0.1) is 0 Å². The predicted octanol–water partition coefficient (Wildman–Crippen LogP) is 3.72. The molecule has 1 heteroatoms. The Bertz CT molecular complexity index is 203. The topological polar surface area (TPSA) is 26.0 Å². The van der Waals surface area contributed by atoms with Gasteiger partial charge in [0.1, 0.15) is 0 Å². The van der Waals surface area contributed by atoms with Gasteiger partial charge in [-0.2, -0.15) is 0 Å². The highest BCUT2D eigenvalue weighted by Crippen LogP contribution is 2.42. The van der Waals surface area contributed by atoms with Crippen molar-refractivity contribution in [1.29, 1.82) is 0 Å². The molecular weight excluding hydrogens is 182 g/mol. The number of rotatable bonds is 1. The Hall–Kier alpha value is -0.0400. The molecule has 15 heavy (non-hydrogen) atoms. The van der Waals surface area contributed by atoms with E-state index in [-0.39, 0.29) is 5.54 Å². The summed E-state index contributed by atoms with van der Waals surface area (Å²) in [4.78, 5) is 0. The second-order valence-corrected chi connectivity index (χ2v) is 6.38. The molecule has 0 aromatic rings. The smallest absolute Gasteiger partial charge is 0.0183 e. The van der Waals surface area contributed by atoms with E-state index in [9.17, 15) is 0 Å². The van der Waals surface area contributed by atoms with Gasteiger partial charge in [0.25, 0.3) is 0 Å². The summed E-state index contributed by atoms with van der Waals surface area (Å²) in [7, 11) is 0. The molecule has 2 rings (SSSR count). The average Bonchev–Trinajstić information content (AvgIpc) is 2.23. The third-order valence-corrected chi connectivity index (χ3v) is 4.95. The Kier molecular flexibility index (Phi) is 3.39. The van der Waals surface area contributed by atoms with Gasteiger partial charge in [0.2, 0.25) is 0 Å². The summed E-state index contributed by atoms with van der Waals surface area (Å²) in [5, 5.41) is 0. The van der Waals surface area contributed by atoms with Crippen LogP contribution >= 0.6 is 0 Å². The molecule has 88 valence electrons. The van der Waals surface area contributed by atoms with Crippen LogP contribution in [-0.2, 0) is 0 Å². The van der Waals surface area contributed by atoms with E-state index in [2.05, 4.69) is 13.8 Å². The SMILES string of the molecule is CC1CCC(N)(C2CCCC(C)C2)CC1. The molecule has 0 aliphatic heterocycles. The first kappa shape index (κ1) is 11.4. The van der Waals surface area contributed by atoms with E-state index in [1.807, 2.05) is 0 Å². The third-order valence-electron chi connectivity index (χ3n) is 4.95. The van der Waals surface area contributed by atoms with Crippen molar-refractivity contribution in [1.82, 2.24) is 0 Å². The molecule has 2 aliphatic carbocycles. The number of hydrogen-bond donors (Lipinski definition) is 1. The molecule has 0 amide bonds. The minimum absolute atomic E-state index is 0.210. The summed E-state index contributed by atoms with van der Waals surface area (Å²) in [6.45, 7) is 4.78. The maximum atomic E-state index is 6.66. The van der Waals surface area contributed by atoms with Crippen LogP contribution in [0.5, 0.6) is 0 Å². The van der Waals surface area contributed by atoms with E-state index in [0.717, 1.165) is 17.8 Å². The van der Waals surface area contributed by atoms with Gasteiger partial charge in [-0.05, 0) is 56.3 Å². The Balaban J connectivity index is 1.95. The standard InChI is InChI=1S/C14H27N/c1-11-6-8-14(15,9-7-11)13-5-3-4-12(2)10-13/h11-13H,3-10,15H2,1-2H3. The first-order valence-electron chi connectivity index (χ1n) is 6.89. The zero-order valence-corrected chi connectivity index (χ0v) is 10.5. The Morgan fingerprint density at radius 2 is 1.60 bits per heavy atom. The quantitative estimate of drug-likeness (QED) is 0.700. The van der Waals surface area contributed by atoms with Gasteiger partial charge in [0.15, 0.2) is 0 Å². The normalized spacial score (nSPS) is 47.8. The van der Waals surface area contributed by atoms with Crippen LogP contribution in [0.1, 0.15) is 65.2 Å². The molecule has 2 aliphatic rings. The maximum absolute atomic E-state index is 6.66. The monoisotopic (exact) mass is 209 g/mol. The summed E-state index contributed by atoms with van der Waals surface area (Å²) in [5.74, 6) is 2.67. The lowest BCUT2D eigenvalue weighted by Crippen LogP contribution is -2.50. The summed E-state index contributed by atoms with van der Waals surface area (Å²) < 4.78 is 0. The van der Waals surface area contributed by atoms with Crippen molar-refractivity contribution in [3.63, 3.8) is 0 Å². The molecule has 1 nitrogen and oxygen atoms in total. The van der Waals surface area contributed by atoms with Crippen molar-refractivity contribution in [2.24, 2.45) is 23.5 Å². The minimum atomic E-state index is 0.210. The van der Waals surface area contributed by atoms with Crippen LogP contribution in [0.25, 0.3) is 0 Å². The summed E-state index contributed by atoms with van der Waals surface area (Å²) >= 11 is 0. The molecule has 0 aromatic carbocycles. The average molecular weight is 209 g/mol. The van der Waals surface area contributed by atoms with Crippen LogP contribution in [-0.4, -0.2) is 5.54 Å². The van der Waals surface area contributed by atoms with Crippen LogP contribution in [0, 0.1) is 17.8 Å². The van der Waals surface area contributed by atoms with Crippen LogP contribution in [0.15, 0.2) is 0 Å². The first-order chi connectivity index (χ1) is 7.10. The van der Waals surface area contributed by atoms with Crippen LogP contribution in [0.2, 0.25) is 0 Å². The second kappa shape index (κ2) is 4.45. The van der Waals surface area contributed by atoms with Crippen molar-refractivity contribution < 1.29 is 0 Å². The summed E-state index contributed by atoms with van der Waals surface area (Å²) in [6.07, 6.45) is 10.9. The van der Waals surface area contributed by atoms with Gasteiger partial charge in [-0.3, -0.25) is 0 Å². The van der Waals surface area contributed by atoms with Crippen molar-refractivity contribution in [3.8, 4) is 0 Å². The second-order valence-electron chi connectivity index (χ2n) is 6.38. The van der Waals surface area contributed by atoms with E-state index in [4.69, 9.17) is 5.73 Å². The fraction of sp³-hybridized carbons (Fsp3) is 1.00. The Morgan fingerprint density at radius 1 is 0.933 bits per heavy atom. The van der Waals surface area contributed by atoms with Crippen molar-refractivity contribution >= 4 is 0 Å². The van der Waals surface area contributed by atoms with Crippen LogP contribution in [0.4, 0.5) is 0 Å². The Labute approximate surface area is 94.8 Å². The van der Waals surface area contributed by atoms with Crippen molar-refractivity contribution in [2.75, 3.05) is 0 Å². The van der Waals surface area contributed by atoms with Gasteiger partial charge in [-0.25, -0.2) is 0 Å². The molecule has 2 N–H and O–H groups in total. The molecule has 0 aromatic heterocycles. The van der Waals surface area contributed by atoms with Gasteiger partial charge in [0.05, 0.1) is 0 Å². The minimum Gasteiger partial charge on any atom is -0.325 e. The maximum Gasteiger partial charge on any atom is 0.0183 e. The highest BCUT2D eigenvalue weighted by atomic mass is 14.8. The van der Waals surface area contributed by atoms with E-state index < -0.39 is 0 Å². The first-order valence-corrected chi connectivity index (χ1v) is 6.89. The van der Waals surface area contributed by atoms with E-state index in [1.165, 1.54) is 51.4 Å². The highest BCUT2D eigenvalue weighted by Gasteiger charge is 2.39. The number of nitrogens with two attached hydrogens (primary N) is 1. The molecule has 0 heterocycles. The van der Waals surface area contributed by atoms with Gasteiger partial charge < -0.3 is 5.73 Å². The van der Waals surface area contributed by atoms with E-state index in [1.54, 1.807) is 0 Å². The lowest BCUT2D eigenvalue weighted by Gasteiger charge is -2.45. The lowest BCUT2D eigenvalue weighted by molar-refractivity contribution is 0.115. The fourth-order valence-electron chi connectivity index (χ4n) is 3.66.